The normalized spacial score (nSPS) is 23.1. The zero-order valence-corrected chi connectivity index (χ0v) is 60.3. The number of piperidine rings is 1. The summed E-state index contributed by atoms with van der Waals surface area (Å²) in [6.07, 6.45) is 10.6. The highest BCUT2D eigenvalue weighted by atomic mass is 32.1. The second-order valence-corrected chi connectivity index (χ2v) is 32.0. The molecule has 7 fully saturated rings. The van der Waals surface area contributed by atoms with E-state index in [1.807, 2.05) is 43.5 Å². The number of hydrogen-bond donors (Lipinski definition) is 6. The summed E-state index contributed by atoms with van der Waals surface area (Å²) in [6, 6.07) is 28.0. The molecule has 4 aromatic carbocycles. The fourth-order valence-electron chi connectivity index (χ4n) is 18.6. The Balaban J connectivity index is 0.630. The lowest BCUT2D eigenvalue weighted by Gasteiger charge is -2.59. The Labute approximate surface area is 618 Å². The lowest BCUT2D eigenvalue weighted by Crippen LogP contribution is -2.64. The summed E-state index contributed by atoms with van der Waals surface area (Å²) in [4.78, 5) is 129. The highest BCUT2D eigenvalue weighted by molar-refractivity contribution is 7.21. The van der Waals surface area contributed by atoms with Crippen LogP contribution in [0.1, 0.15) is 90.1 Å². The van der Waals surface area contributed by atoms with Gasteiger partial charge in [0.25, 0.3) is 11.8 Å². The molecule has 9 aliphatic rings. The van der Waals surface area contributed by atoms with E-state index in [0.717, 1.165) is 138 Å². The van der Waals surface area contributed by atoms with Gasteiger partial charge in [-0.05, 0) is 136 Å². The van der Waals surface area contributed by atoms with Gasteiger partial charge >= 0.3 is 11.7 Å². The number of amides is 7. The molecule has 0 radical (unpaired) electrons. The molecule has 6 aromatic heterocycles. The monoisotopic (exact) mass is 1460 g/mol. The highest BCUT2D eigenvalue weighted by Gasteiger charge is 2.53. The first-order valence-electron chi connectivity index (χ1n) is 37.4. The molecule has 10 aromatic rings. The molecule has 2 aliphatic carbocycles. The van der Waals surface area contributed by atoms with Crippen molar-refractivity contribution in [3.05, 3.63) is 142 Å². The van der Waals surface area contributed by atoms with Crippen molar-refractivity contribution >= 4 is 118 Å². The molecule has 0 bridgehead atoms. The molecule has 19 rings (SSSR count). The molecule has 13 heterocycles. The number of para-hydroxylation sites is 1. The minimum Gasteiger partial charge on any atom is -0.490 e. The second-order valence-electron chi connectivity index (χ2n) is 30.9. The number of hydrogen-bond acceptors (Lipinski definition) is 19. The van der Waals surface area contributed by atoms with Gasteiger partial charge in [-0.1, -0.05) is 12.1 Å². The number of aromatic nitrogens is 7. The number of H-pyrrole nitrogens is 1. The molecular weight excluding hydrogens is 1380 g/mol. The van der Waals surface area contributed by atoms with Crippen LogP contribution in [0.5, 0.6) is 5.75 Å². The number of nitrogens with zero attached hydrogens (tertiary/aromatic N) is 12. The largest absolute Gasteiger partial charge is 0.490 e. The average molecular weight is 1460 g/mol. The Hall–Kier alpha value is -10.8. The molecule has 7 aliphatic heterocycles. The van der Waals surface area contributed by atoms with Crippen molar-refractivity contribution in [1.82, 2.24) is 65.1 Å². The van der Waals surface area contributed by atoms with Gasteiger partial charge < -0.3 is 40.4 Å². The van der Waals surface area contributed by atoms with Crippen molar-refractivity contribution in [3.63, 3.8) is 0 Å². The zero-order chi connectivity index (χ0) is 72.7. The van der Waals surface area contributed by atoms with Gasteiger partial charge in [-0.25, -0.2) is 28.9 Å². The van der Waals surface area contributed by atoms with Gasteiger partial charge in [-0.15, -0.1) is 11.3 Å². The molecule has 107 heavy (non-hydrogen) atoms. The number of nitrogens with one attached hydrogen (secondary N) is 6. The number of benzene rings is 4. The summed E-state index contributed by atoms with van der Waals surface area (Å²) < 4.78 is 28.3. The number of carbonyl (C=O) groups excluding carboxylic acids is 6. The average Bonchev–Trinajstić information content (AvgIpc) is 1.72. The quantitative estimate of drug-likeness (QED) is 0.0558. The van der Waals surface area contributed by atoms with Crippen molar-refractivity contribution in [3.8, 4) is 28.5 Å². The number of fused-ring (bicyclic) bond motifs is 9. The number of imide groups is 2. The van der Waals surface area contributed by atoms with Crippen LogP contribution in [0.4, 0.5) is 37.8 Å². The molecule has 6 N–H and O–H groups in total. The van der Waals surface area contributed by atoms with Crippen molar-refractivity contribution in [2.45, 2.75) is 81.8 Å². The maximum absolute atomic E-state index is 17.5. The number of imidazole rings is 1. The molecule has 2 spiro atoms. The van der Waals surface area contributed by atoms with E-state index in [-0.39, 0.29) is 108 Å². The molecule has 5 atom stereocenters. The number of halogens is 1. The van der Waals surface area contributed by atoms with Gasteiger partial charge in [-0.2, -0.15) is 0 Å². The number of piperazine rings is 2. The Kier molecular flexibility index (Phi) is 16.2. The standard InChI is InChI=1S/C79H81FN18O8S/c1-44-36-83-68-67-51-10-14-64(86-55(51)11-13-63(67)107-70(68)75(103)85-44)94-27-24-92(25-28-94)39-45-16-19-78(42-95(43-78)47-6-8-49-46(32-47)37-81-38-60(49)97-23-18-66(100)90-76(97)104)35-53(45)61-40-93(30-31-106-62-5-3-4-58-69(62)91(2)77(105)98(58)59-12-15-65(99)89-74(59)102)26-29-96(61)48-7-9-50(54(80)33-48)72-82-22-17-56(88-72)57-34-52-71(87-57)79(20-21-79)41-84-73(52)101/h3-11,13-14,17,22,32-34,37-38,44-45,53,59,61,83,87H,12,15-16,18-21,23-31,35-36,39-43H2,1-2H3,(H,84,101)(H,85,103)(H,89,99,102)(H,90,100,104)/t44-,45?,53?,59?,61?/m1/s1. The van der Waals surface area contributed by atoms with E-state index in [9.17, 15) is 33.6 Å². The number of rotatable bonds is 14. The first kappa shape index (κ1) is 66.8. The fourth-order valence-corrected chi connectivity index (χ4v) is 19.7. The zero-order valence-electron chi connectivity index (χ0n) is 59.5. The van der Waals surface area contributed by atoms with Crippen molar-refractivity contribution < 1.29 is 37.9 Å². The van der Waals surface area contributed by atoms with Crippen molar-refractivity contribution in [2.24, 2.45) is 24.3 Å². The molecular formula is C79H81FN18O8S. The lowest BCUT2D eigenvalue weighted by molar-refractivity contribution is -0.135. The predicted molar refractivity (Wildman–Crippen MR) is 406 cm³/mol. The van der Waals surface area contributed by atoms with E-state index in [2.05, 4.69) is 108 Å². The van der Waals surface area contributed by atoms with Gasteiger partial charge in [0.15, 0.2) is 5.82 Å². The smallest absolute Gasteiger partial charge is 0.329 e. The number of carbonyl (C=O) groups is 6. The van der Waals surface area contributed by atoms with Gasteiger partial charge in [-0.3, -0.25) is 63.4 Å². The van der Waals surface area contributed by atoms with E-state index >= 15 is 4.39 Å². The summed E-state index contributed by atoms with van der Waals surface area (Å²) in [5.74, 6) is 0.275. The first-order valence-corrected chi connectivity index (χ1v) is 38.2. The lowest BCUT2D eigenvalue weighted by atomic mass is 9.59. The van der Waals surface area contributed by atoms with Crippen molar-refractivity contribution in [2.75, 3.05) is 123 Å². The first-order chi connectivity index (χ1) is 52.0. The number of aromatic amines is 1. The van der Waals surface area contributed by atoms with Crippen LogP contribution in [-0.2, 0) is 26.8 Å². The summed E-state index contributed by atoms with van der Waals surface area (Å²) in [7, 11) is 1.68. The van der Waals surface area contributed by atoms with Crippen LogP contribution in [0, 0.1) is 23.1 Å². The number of ether oxygens (including phenoxy) is 1. The Morgan fingerprint density at radius 3 is 2.42 bits per heavy atom. The van der Waals surface area contributed by atoms with Crippen LogP contribution in [0.2, 0.25) is 0 Å². The van der Waals surface area contributed by atoms with E-state index in [4.69, 9.17) is 14.7 Å². The highest BCUT2D eigenvalue weighted by Crippen LogP contribution is 2.54. The van der Waals surface area contributed by atoms with Gasteiger partial charge in [0.1, 0.15) is 40.4 Å². The maximum Gasteiger partial charge on any atom is 0.329 e. The third kappa shape index (κ3) is 11.7. The third-order valence-corrected chi connectivity index (χ3v) is 25.6. The Morgan fingerprint density at radius 1 is 0.757 bits per heavy atom. The summed E-state index contributed by atoms with van der Waals surface area (Å²) in [6.45, 7) is 12.0. The van der Waals surface area contributed by atoms with E-state index in [1.165, 1.54) is 20.5 Å². The Bertz CT molecular complexity index is 5440. The van der Waals surface area contributed by atoms with Crippen LogP contribution in [0.3, 0.4) is 0 Å². The summed E-state index contributed by atoms with van der Waals surface area (Å²) >= 11 is 1.51. The molecule has 5 saturated heterocycles. The van der Waals surface area contributed by atoms with Crippen LogP contribution in [0.25, 0.3) is 65.6 Å². The number of thiophene rings is 1. The second kappa shape index (κ2) is 26.0. The molecule has 26 nitrogen and oxygen atoms in total. The topological polar surface area (TPSA) is 286 Å². The molecule has 548 valence electrons. The summed E-state index contributed by atoms with van der Waals surface area (Å²) in [5.41, 5.74) is 7.92. The van der Waals surface area contributed by atoms with E-state index in [0.29, 0.717) is 83.6 Å². The maximum atomic E-state index is 17.5. The minimum absolute atomic E-state index is 0.000344. The number of anilines is 5. The number of pyridine rings is 2. The minimum atomic E-state index is -0.844. The van der Waals surface area contributed by atoms with Gasteiger partial charge in [0, 0.05) is 190 Å². The van der Waals surface area contributed by atoms with Gasteiger partial charge in [0.2, 0.25) is 17.7 Å². The van der Waals surface area contributed by atoms with Crippen LogP contribution in [-0.4, -0.2) is 190 Å². The van der Waals surface area contributed by atoms with E-state index < -0.39 is 23.8 Å². The molecule has 7 amide bonds. The van der Waals surface area contributed by atoms with Crippen molar-refractivity contribution in [1.29, 1.82) is 0 Å². The predicted octanol–water partition coefficient (Wildman–Crippen LogP) is 8.30. The van der Waals surface area contributed by atoms with Crippen LogP contribution in [0.15, 0.2) is 114 Å². The van der Waals surface area contributed by atoms with Crippen LogP contribution < -0.4 is 56.6 Å². The fraction of sp³-hybridized carbons (Fsp3) is 0.405. The summed E-state index contributed by atoms with van der Waals surface area (Å²) in [5, 5.41) is 18.4. The SMILES string of the molecule is C[C@@H]1CNc2c(sc3ccc4nc(N5CCN(CC6CCC7(CC6C6CN(CCOc8cccc9c8n(C)c(=O)n9C8CCC(=O)NC8=O)CCN6c6ccc(-c8nccc(-c9cc%10c([nH]9)C9(CC9)CNC%10=O)n8)c(F)c6)CN(c6ccc8c(N9CCC(=O)NC9=O)cncc8c6)C7)CC5)ccc4c23)C(=O)N1. The van der Waals surface area contributed by atoms with Gasteiger partial charge in [0.05, 0.1) is 51.1 Å². The molecule has 28 heteroatoms. The Morgan fingerprint density at radius 2 is 1.59 bits per heavy atom. The molecule has 4 unspecified atom stereocenters. The number of urea groups is 1. The third-order valence-electron chi connectivity index (χ3n) is 24.4. The number of aryl methyl sites for hydroxylation is 1. The van der Waals surface area contributed by atoms with E-state index in [1.54, 1.807) is 42.5 Å². The molecule has 2 saturated carbocycles. The van der Waals surface area contributed by atoms with Crippen LogP contribution >= 0.6 is 11.3 Å².